The minimum absolute atomic E-state index is 0.0187. The predicted octanol–water partition coefficient (Wildman–Crippen LogP) is 3.99. The van der Waals surface area contributed by atoms with Crippen LogP contribution in [0.1, 0.15) is 18.9 Å². The lowest BCUT2D eigenvalue weighted by molar-refractivity contribution is -0.136. The molecule has 1 aliphatic heterocycles. The van der Waals surface area contributed by atoms with Crippen LogP contribution in [0.25, 0.3) is 4.85 Å². The van der Waals surface area contributed by atoms with Crippen LogP contribution in [-0.4, -0.2) is 19.7 Å². The molecule has 132 valence electrons. The summed E-state index contributed by atoms with van der Waals surface area (Å²) in [7, 11) is -3.79. The highest BCUT2D eigenvalue weighted by Crippen LogP contribution is 2.59. The molecule has 2 bridgehead atoms. The van der Waals surface area contributed by atoms with Crippen molar-refractivity contribution in [3.05, 3.63) is 47.3 Å². The lowest BCUT2D eigenvalue weighted by atomic mass is 9.83. The summed E-state index contributed by atoms with van der Waals surface area (Å²) >= 11 is 0. The Morgan fingerprint density at radius 1 is 1.32 bits per heavy atom. The topological polar surface area (TPSA) is 41.7 Å². The fraction of sp³-hybridized carbons (Fsp3) is 0.471. The molecule has 4 rings (SSSR count). The second kappa shape index (κ2) is 4.79. The molecule has 4 atom stereocenters. The van der Waals surface area contributed by atoms with Crippen LogP contribution in [0.5, 0.6) is 0 Å². The molecule has 25 heavy (non-hydrogen) atoms. The average molecular weight is 368 g/mol. The molecule has 1 saturated carbocycles. The Balaban J connectivity index is 1.82. The molecule has 0 unspecified atom stereocenters. The maximum atomic E-state index is 13.2. The SMILES string of the molecule is [C-]#[N+]c1ccc(N2C[C@@H]3[C@@H]4C=C[C@@H](C4)[C@]3(C)S2(=O)=O)cc1C(F)(F)F. The molecular weight excluding hydrogens is 353 g/mol. The number of alkyl halides is 3. The van der Waals surface area contributed by atoms with Crippen molar-refractivity contribution in [3.8, 4) is 0 Å². The van der Waals surface area contributed by atoms with E-state index in [4.69, 9.17) is 6.57 Å². The predicted molar refractivity (Wildman–Crippen MR) is 86.6 cm³/mol. The summed E-state index contributed by atoms with van der Waals surface area (Å²) in [5.74, 6) is -0.0659. The molecule has 1 aromatic rings. The lowest BCUT2D eigenvalue weighted by Crippen LogP contribution is -2.43. The number of hydrogen-bond acceptors (Lipinski definition) is 2. The first kappa shape index (κ1) is 16.5. The molecule has 2 aliphatic carbocycles. The zero-order valence-corrected chi connectivity index (χ0v) is 14.1. The van der Waals surface area contributed by atoms with Crippen molar-refractivity contribution in [2.24, 2.45) is 17.8 Å². The van der Waals surface area contributed by atoms with Crippen molar-refractivity contribution in [1.82, 2.24) is 0 Å². The Bertz CT molecular complexity index is 932. The van der Waals surface area contributed by atoms with Crippen LogP contribution in [0.3, 0.4) is 0 Å². The van der Waals surface area contributed by atoms with E-state index in [0.29, 0.717) is 0 Å². The van der Waals surface area contributed by atoms with Gasteiger partial charge in [-0.3, -0.25) is 4.31 Å². The molecule has 2 fully saturated rings. The van der Waals surface area contributed by atoms with Gasteiger partial charge in [0, 0.05) is 18.2 Å². The van der Waals surface area contributed by atoms with Crippen LogP contribution in [0.2, 0.25) is 0 Å². The van der Waals surface area contributed by atoms with Crippen molar-refractivity contribution in [2.75, 3.05) is 10.8 Å². The van der Waals surface area contributed by atoms with Gasteiger partial charge in [-0.2, -0.15) is 13.2 Å². The molecule has 1 aromatic carbocycles. The number of halogens is 3. The Labute approximate surface area is 143 Å². The fourth-order valence-corrected chi connectivity index (χ4v) is 7.02. The third-order valence-corrected chi connectivity index (χ3v) is 8.67. The normalized spacial score (nSPS) is 35.0. The van der Waals surface area contributed by atoms with Crippen molar-refractivity contribution in [3.63, 3.8) is 0 Å². The molecule has 0 aromatic heterocycles. The van der Waals surface area contributed by atoms with E-state index in [2.05, 4.69) is 4.85 Å². The Kier molecular flexibility index (Phi) is 3.15. The first-order valence-corrected chi connectivity index (χ1v) is 9.34. The van der Waals surface area contributed by atoms with Gasteiger partial charge < -0.3 is 0 Å². The first-order valence-electron chi connectivity index (χ1n) is 7.90. The second-order valence-electron chi connectivity index (χ2n) is 7.03. The van der Waals surface area contributed by atoms with Gasteiger partial charge in [-0.25, -0.2) is 13.3 Å². The molecule has 0 amide bonds. The zero-order valence-electron chi connectivity index (χ0n) is 13.3. The highest BCUT2D eigenvalue weighted by atomic mass is 32.2. The summed E-state index contributed by atoms with van der Waals surface area (Å²) in [6.45, 7) is 8.79. The maximum Gasteiger partial charge on any atom is 0.407 e. The van der Waals surface area contributed by atoms with E-state index >= 15 is 0 Å². The lowest BCUT2D eigenvalue weighted by Gasteiger charge is -2.30. The van der Waals surface area contributed by atoms with E-state index in [9.17, 15) is 21.6 Å². The summed E-state index contributed by atoms with van der Waals surface area (Å²) < 4.78 is 66.1. The molecule has 8 heteroatoms. The Hall–Kier alpha value is -2.01. The minimum atomic E-state index is -4.71. The minimum Gasteiger partial charge on any atom is -0.270 e. The number of nitrogens with zero attached hydrogens (tertiary/aromatic N) is 2. The summed E-state index contributed by atoms with van der Waals surface area (Å²) in [6.07, 6.45) is 0.0309. The van der Waals surface area contributed by atoms with E-state index < -0.39 is 32.2 Å². The Morgan fingerprint density at radius 2 is 2.04 bits per heavy atom. The van der Waals surface area contributed by atoms with E-state index in [1.807, 2.05) is 12.2 Å². The van der Waals surface area contributed by atoms with Gasteiger partial charge in [0.15, 0.2) is 5.69 Å². The van der Waals surface area contributed by atoms with Crippen molar-refractivity contribution >= 4 is 21.4 Å². The third kappa shape index (κ3) is 1.96. The highest BCUT2D eigenvalue weighted by Gasteiger charge is 2.66. The smallest absolute Gasteiger partial charge is 0.270 e. The van der Waals surface area contributed by atoms with E-state index in [-0.39, 0.29) is 30.0 Å². The maximum absolute atomic E-state index is 13.2. The van der Waals surface area contributed by atoms with E-state index in [0.717, 1.165) is 22.9 Å². The quantitative estimate of drug-likeness (QED) is 0.556. The molecule has 0 spiro atoms. The monoisotopic (exact) mass is 368 g/mol. The molecule has 0 N–H and O–H groups in total. The van der Waals surface area contributed by atoms with Crippen molar-refractivity contribution in [2.45, 2.75) is 24.3 Å². The standard InChI is InChI=1S/C17H15F3N2O2S/c1-16-11-4-3-10(7-11)14(16)9-22(25(16,23)24)12-5-6-15(21-2)13(8-12)17(18,19)20/h3-6,8,10-11,14H,7,9H2,1H3/t10-,11+,14-,16+/m1/s1. The van der Waals surface area contributed by atoms with Crippen LogP contribution < -0.4 is 4.31 Å². The third-order valence-electron chi connectivity index (χ3n) is 6.01. The summed E-state index contributed by atoms with van der Waals surface area (Å²) in [5.41, 5.74) is -1.64. The first-order chi connectivity index (χ1) is 11.6. The van der Waals surface area contributed by atoms with Crippen LogP contribution in [-0.2, 0) is 16.2 Å². The number of fused-ring (bicyclic) bond motifs is 5. The number of rotatable bonds is 1. The van der Waals surface area contributed by atoms with Crippen molar-refractivity contribution in [1.29, 1.82) is 0 Å². The van der Waals surface area contributed by atoms with Crippen LogP contribution >= 0.6 is 0 Å². The van der Waals surface area contributed by atoms with Gasteiger partial charge in [0.2, 0.25) is 10.0 Å². The fourth-order valence-electron chi connectivity index (χ4n) is 4.61. The number of sulfonamides is 1. The Morgan fingerprint density at radius 3 is 2.64 bits per heavy atom. The van der Waals surface area contributed by atoms with Gasteiger partial charge in [0.05, 0.1) is 16.9 Å². The molecular formula is C17H15F3N2O2S. The van der Waals surface area contributed by atoms with E-state index in [1.165, 1.54) is 6.07 Å². The van der Waals surface area contributed by atoms with E-state index in [1.54, 1.807) is 6.92 Å². The largest absolute Gasteiger partial charge is 0.407 e. The van der Waals surface area contributed by atoms with Crippen LogP contribution in [0.4, 0.5) is 24.5 Å². The van der Waals surface area contributed by atoms with Gasteiger partial charge in [-0.05, 0) is 37.3 Å². The van der Waals surface area contributed by atoms with Crippen LogP contribution in [0.15, 0.2) is 30.4 Å². The van der Waals surface area contributed by atoms with Gasteiger partial charge in [0.1, 0.15) is 0 Å². The molecule has 1 saturated heterocycles. The molecule has 0 radical (unpaired) electrons. The number of hydrogen-bond donors (Lipinski definition) is 0. The molecule has 3 aliphatic rings. The highest BCUT2D eigenvalue weighted by molar-refractivity contribution is 7.94. The van der Waals surface area contributed by atoms with Gasteiger partial charge >= 0.3 is 6.18 Å². The number of benzene rings is 1. The number of allylic oxidation sites excluding steroid dienone is 2. The van der Waals surface area contributed by atoms with Crippen LogP contribution in [0, 0.1) is 24.3 Å². The second-order valence-corrected chi connectivity index (χ2v) is 9.30. The van der Waals surface area contributed by atoms with Crippen molar-refractivity contribution < 1.29 is 21.6 Å². The molecule has 1 heterocycles. The zero-order chi connectivity index (χ0) is 18.2. The summed E-state index contributed by atoms with van der Waals surface area (Å²) in [4.78, 5) is 2.90. The summed E-state index contributed by atoms with van der Waals surface area (Å²) in [5, 5.41) is 0. The van der Waals surface area contributed by atoms with Gasteiger partial charge in [-0.15, -0.1) is 0 Å². The van der Waals surface area contributed by atoms with Gasteiger partial charge in [-0.1, -0.05) is 18.2 Å². The average Bonchev–Trinajstić information content (AvgIpc) is 3.17. The summed E-state index contributed by atoms with van der Waals surface area (Å²) in [6, 6.07) is 3.12. The number of anilines is 1. The molecule has 4 nitrogen and oxygen atoms in total. The van der Waals surface area contributed by atoms with Gasteiger partial charge in [0.25, 0.3) is 0 Å².